The van der Waals surface area contributed by atoms with Crippen molar-refractivity contribution >= 4 is 32.9 Å². The Hall–Kier alpha value is -2.84. The molecule has 0 aliphatic heterocycles. The van der Waals surface area contributed by atoms with E-state index < -0.39 is 0 Å². The second-order valence-corrected chi connectivity index (χ2v) is 8.42. The zero-order valence-corrected chi connectivity index (χ0v) is 17.2. The van der Waals surface area contributed by atoms with Crippen LogP contribution in [0.3, 0.4) is 0 Å². The van der Waals surface area contributed by atoms with Crippen LogP contribution in [0.4, 0.5) is 11.4 Å². The highest BCUT2D eigenvalue weighted by Gasteiger charge is 2.30. The van der Waals surface area contributed by atoms with Crippen molar-refractivity contribution in [3.05, 3.63) is 84.9 Å². The predicted molar refractivity (Wildman–Crippen MR) is 123 cm³/mol. The first-order chi connectivity index (χ1) is 13.5. The number of benzene rings is 4. The van der Waals surface area contributed by atoms with E-state index in [1.807, 2.05) is 0 Å². The van der Waals surface area contributed by atoms with E-state index in [0.717, 1.165) is 6.54 Å². The SMILES string of the molecule is CN(C)CC(C)(C)N(c1ccc2ccccc2c1)c1cccc2ccccc12. The van der Waals surface area contributed by atoms with Crippen molar-refractivity contribution in [2.24, 2.45) is 0 Å². The maximum absolute atomic E-state index is 2.50. The number of likely N-dealkylation sites (N-methyl/N-ethyl adjacent to an activating group) is 1. The van der Waals surface area contributed by atoms with Gasteiger partial charge in [0, 0.05) is 23.3 Å². The number of fused-ring (bicyclic) bond motifs is 2. The molecule has 0 fully saturated rings. The van der Waals surface area contributed by atoms with E-state index in [2.05, 4.69) is 123 Å². The topological polar surface area (TPSA) is 6.48 Å². The van der Waals surface area contributed by atoms with Crippen molar-refractivity contribution in [2.45, 2.75) is 19.4 Å². The fourth-order valence-electron chi connectivity index (χ4n) is 4.38. The highest BCUT2D eigenvalue weighted by atomic mass is 15.2. The molecule has 0 saturated heterocycles. The third-order valence-corrected chi connectivity index (χ3v) is 5.31. The standard InChI is InChI=1S/C26H28N2/c1-26(2,19-27(3)4)28(23-17-16-20-10-5-6-12-22(20)18-23)25-15-9-13-21-11-7-8-14-24(21)25/h5-18H,19H2,1-4H3. The Morgan fingerprint density at radius 2 is 1.32 bits per heavy atom. The van der Waals surface area contributed by atoms with Crippen LogP contribution in [0.15, 0.2) is 84.9 Å². The van der Waals surface area contributed by atoms with Gasteiger partial charge in [-0.25, -0.2) is 0 Å². The van der Waals surface area contributed by atoms with Crippen LogP contribution in [0.1, 0.15) is 13.8 Å². The third-order valence-electron chi connectivity index (χ3n) is 5.31. The van der Waals surface area contributed by atoms with Gasteiger partial charge in [0.05, 0.1) is 5.54 Å². The maximum Gasteiger partial charge on any atom is 0.0521 e. The molecule has 0 radical (unpaired) electrons. The molecule has 0 unspecified atom stereocenters. The minimum atomic E-state index is -0.0872. The lowest BCUT2D eigenvalue weighted by molar-refractivity contribution is 0.315. The van der Waals surface area contributed by atoms with Gasteiger partial charge in [0.25, 0.3) is 0 Å². The molecule has 2 nitrogen and oxygen atoms in total. The van der Waals surface area contributed by atoms with Crippen molar-refractivity contribution in [2.75, 3.05) is 25.5 Å². The van der Waals surface area contributed by atoms with E-state index in [1.165, 1.54) is 32.9 Å². The molecule has 4 aromatic rings. The average molecular weight is 369 g/mol. The molecule has 0 spiro atoms. The lowest BCUT2D eigenvalue weighted by Gasteiger charge is -2.42. The minimum Gasteiger partial charge on any atom is -0.334 e. The highest BCUT2D eigenvalue weighted by Crippen LogP contribution is 2.39. The van der Waals surface area contributed by atoms with Crippen molar-refractivity contribution < 1.29 is 0 Å². The van der Waals surface area contributed by atoms with E-state index in [0.29, 0.717) is 0 Å². The molecular weight excluding hydrogens is 340 g/mol. The summed E-state index contributed by atoms with van der Waals surface area (Å²) in [5.74, 6) is 0. The van der Waals surface area contributed by atoms with Crippen LogP contribution in [-0.4, -0.2) is 31.1 Å². The van der Waals surface area contributed by atoms with Gasteiger partial charge in [-0.05, 0) is 62.3 Å². The maximum atomic E-state index is 2.50. The first-order valence-corrected chi connectivity index (χ1v) is 9.87. The second-order valence-electron chi connectivity index (χ2n) is 8.42. The summed E-state index contributed by atoms with van der Waals surface area (Å²) in [5.41, 5.74) is 2.39. The van der Waals surface area contributed by atoms with E-state index in [-0.39, 0.29) is 5.54 Å². The molecule has 28 heavy (non-hydrogen) atoms. The Bertz CT molecular complexity index is 1110. The number of nitrogens with zero attached hydrogens (tertiary/aromatic N) is 2. The van der Waals surface area contributed by atoms with Crippen molar-refractivity contribution in [1.29, 1.82) is 0 Å². The molecule has 0 N–H and O–H groups in total. The van der Waals surface area contributed by atoms with Crippen LogP contribution in [0.5, 0.6) is 0 Å². The first-order valence-electron chi connectivity index (χ1n) is 9.87. The van der Waals surface area contributed by atoms with Gasteiger partial charge in [-0.3, -0.25) is 0 Å². The second kappa shape index (κ2) is 7.29. The normalized spacial score (nSPS) is 12.0. The monoisotopic (exact) mass is 368 g/mol. The molecule has 0 bridgehead atoms. The van der Waals surface area contributed by atoms with Gasteiger partial charge in [-0.1, -0.05) is 66.7 Å². The predicted octanol–water partition coefficient (Wildman–Crippen LogP) is 6.47. The molecule has 4 aromatic carbocycles. The average Bonchev–Trinajstić information content (AvgIpc) is 2.67. The van der Waals surface area contributed by atoms with Crippen LogP contribution in [0.2, 0.25) is 0 Å². The lowest BCUT2D eigenvalue weighted by atomic mass is 9.96. The van der Waals surface area contributed by atoms with Gasteiger partial charge in [0.15, 0.2) is 0 Å². The van der Waals surface area contributed by atoms with E-state index in [4.69, 9.17) is 0 Å². The molecule has 0 amide bonds. The number of hydrogen-bond acceptors (Lipinski definition) is 2. The molecule has 0 aliphatic carbocycles. The first kappa shape index (κ1) is 18.5. The summed E-state index contributed by atoms with van der Waals surface area (Å²) in [6.45, 7) is 5.59. The molecule has 142 valence electrons. The minimum absolute atomic E-state index is 0.0872. The van der Waals surface area contributed by atoms with Crippen molar-refractivity contribution in [3.8, 4) is 0 Å². The molecule has 0 heterocycles. The summed E-state index contributed by atoms with van der Waals surface area (Å²) in [5, 5.41) is 5.09. The van der Waals surface area contributed by atoms with Gasteiger partial charge in [-0.15, -0.1) is 0 Å². The van der Waals surface area contributed by atoms with Gasteiger partial charge >= 0.3 is 0 Å². The zero-order valence-electron chi connectivity index (χ0n) is 17.2. The van der Waals surface area contributed by atoms with Gasteiger partial charge in [0.1, 0.15) is 0 Å². The van der Waals surface area contributed by atoms with Crippen LogP contribution in [0, 0.1) is 0 Å². The summed E-state index contributed by atoms with van der Waals surface area (Å²) >= 11 is 0. The largest absolute Gasteiger partial charge is 0.334 e. The third kappa shape index (κ3) is 3.48. The van der Waals surface area contributed by atoms with Crippen LogP contribution in [-0.2, 0) is 0 Å². The lowest BCUT2D eigenvalue weighted by Crippen LogP contribution is -2.48. The Morgan fingerprint density at radius 1 is 0.679 bits per heavy atom. The Morgan fingerprint density at radius 3 is 2.07 bits per heavy atom. The summed E-state index contributed by atoms with van der Waals surface area (Å²) in [7, 11) is 4.28. The van der Waals surface area contributed by atoms with Crippen molar-refractivity contribution in [1.82, 2.24) is 4.90 Å². The highest BCUT2D eigenvalue weighted by molar-refractivity contribution is 5.97. The number of rotatable bonds is 5. The molecule has 0 atom stereocenters. The summed E-state index contributed by atoms with van der Waals surface area (Å²) in [4.78, 5) is 4.76. The van der Waals surface area contributed by atoms with Crippen LogP contribution < -0.4 is 4.90 Å². The smallest absolute Gasteiger partial charge is 0.0521 e. The van der Waals surface area contributed by atoms with Crippen LogP contribution >= 0.6 is 0 Å². The Balaban J connectivity index is 1.95. The molecule has 0 aromatic heterocycles. The zero-order chi connectivity index (χ0) is 19.7. The Kier molecular flexibility index (Phi) is 4.82. The molecule has 2 heteroatoms. The quantitative estimate of drug-likeness (QED) is 0.398. The summed E-state index contributed by atoms with van der Waals surface area (Å²) < 4.78 is 0. The number of anilines is 2. The molecule has 0 saturated carbocycles. The summed E-state index contributed by atoms with van der Waals surface area (Å²) in [6.07, 6.45) is 0. The van der Waals surface area contributed by atoms with Gasteiger partial charge < -0.3 is 9.80 Å². The fraction of sp³-hybridized carbons (Fsp3) is 0.231. The van der Waals surface area contributed by atoms with Gasteiger partial charge in [-0.2, -0.15) is 0 Å². The van der Waals surface area contributed by atoms with Gasteiger partial charge in [0.2, 0.25) is 0 Å². The van der Waals surface area contributed by atoms with Crippen LogP contribution in [0.25, 0.3) is 21.5 Å². The number of hydrogen-bond donors (Lipinski definition) is 0. The summed E-state index contributed by atoms with van der Waals surface area (Å²) in [6, 6.07) is 30.6. The van der Waals surface area contributed by atoms with E-state index in [1.54, 1.807) is 0 Å². The van der Waals surface area contributed by atoms with Crippen molar-refractivity contribution in [3.63, 3.8) is 0 Å². The fourth-order valence-corrected chi connectivity index (χ4v) is 4.38. The molecule has 0 aliphatic rings. The molecular formula is C26H28N2. The Labute approximate surface area is 168 Å². The van der Waals surface area contributed by atoms with E-state index >= 15 is 0 Å². The molecule has 4 rings (SSSR count). The van der Waals surface area contributed by atoms with E-state index in [9.17, 15) is 0 Å².